The summed E-state index contributed by atoms with van der Waals surface area (Å²) in [6.07, 6.45) is 1.61. The Morgan fingerprint density at radius 3 is 2.47 bits per heavy atom. The molecule has 0 radical (unpaired) electrons. The van der Waals surface area contributed by atoms with Crippen LogP contribution >= 0.6 is 0 Å². The molecule has 4 aromatic carbocycles. The lowest BCUT2D eigenvalue weighted by Gasteiger charge is -2.29. The summed E-state index contributed by atoms with van der Waals surface area (Å²) in [4.78, 5) is 9.46. The largest absolute Gasteiger partial charge is 0.507 e. The van der Waals surface area contributed by atoms with Crippen LogP contribution in [0.15, 0.2) is 97.3 Å². The number of hydrogen-bond acceptors (Lipinski definition) is 5. The van der Waals surface area contributed by atoms with Gasteiger partial charge in [-0.1, -0.05) is 72.8 Å². The Kier molecular flexibility index (Phi) is 3.96. The summed E-state index contributed by atoms with van der Waals surface area (Å²) < 4.78 is 8.01. The minimum absolute atomic E-state index is 0.132. The highest BCUT2D eigenvalue weighted by atomic mass is 16.5. The van der Waals surface area contributed by atoms with E-state index in [4.69, 9.17) is 9.72 Å². The van der Waals surface area contributed by atoms with Crippen molar-refractivity contribution in [2.75, 3.05) is 0 Å². The first kappa shape index (κ1) is 18.8. The van der Waals surface area contributed by atoms with Gasteiger partial charge in [0, 0.05) is 11.5 Å². The van der Waals surface area contributed by atoms with E-state index >= 15 is 0 Å². The maximum Gasteiger partial charge on any atom is 0.228 e. The van der Waals surface area contributed by atoms with Crippen molar-refractivity contribution in [3.05, 3.63) is 114 Å². The van der Waals surface area contributed by atoms with Crippen molar-refractivity contribution in [1.82, 2.24) is 19.6 Å². The van der Waals surface area contributed by atoms with Gasteiger partial charge in [-0.15, -0.1) is 5.10 Å². The number of rotatable bonds is 2. The molecule has 1 aliphatic rings. The summed E-state index contributed by atoms with van der Waals surface area (Å²) >= 11 is 0. The molecule has 1 N–H and O–H groups in total. The van der Waals surface area contributed by atoms with Gasteiger partial charge in [-0.2, -0.15) is 0 Å². The Hall–Kier alpha value is -4.71. The van der Waals surface area contributed by atoms with E-state index in [-0.39, 0.29) is 11.7 Å². The molecule has 1 atom stereocenters. The van der Waals surface area contributed by atoms with Crippen molar-refractivity contribution in [3.63, 3.8) is 0 Å². The first-order chi connectivity index (χ1) is 16.8. The number of fused-ring (bicyclic) bond motifs is 6. The van der Waals surface area contributed by atoms with Crippen molar-refractivity contribution in [2.24, 2.45) is 0 Å². The highest BCUT2D eigenvalue weighted by Crippen LogP contribution is 2.50. The molecule has 0 bridgehead atoms. The van der Waals surface area contributed by atoms with Gasteiger partial charge in [0.05, 0.1) is 11.1 Å². The zero-order chi connectivity index (χ0) is 22.6. The Labute approximate surface area is 194 Å². The van der Waals surface area contributed by atoms with Crippen molar-refractivity contribution < 1.29 is 9.84 Å². The molecule has 0 aliphatic carbocycles. The normalized spacial score (nSPS) is 14.5. The van der Waals surface area contributed by atoms with E-state index in [1.54, 1.807) is 29.0 Å². The highest BCUT2D eigenvalue weighted by Gasteiger charge is 2.34. The molecule has 0 saturated carbocycles. The second-order valence-corrected chi connectivity index (χ2v) is 8.33. The maximum atomic E-state index is 10.4. The second kappa shape index (κ2) is 7.15. The van der Waals surface area contributed by atoms with Crippen molar-refractivity contribution in [2.45, 2.75) is 5.92 Å². The Balaban J connectivity index is 1.55. The van der Waals surface area contributed by atoms with Gasteiger partial charge >= 0.3 is 0 Å². The van der Waals surface area contributed by atoms with E-state index in [1.807, 2.05) is 42.5 Å². The SMILES string of the molecule is Oc1ccccc1-c1nc2c3c(ncn2n1)Oc1ccc2ccccc2c1[C@H]3c1ccccc1. The second-order valence-electron chi connectivity index (χ2n) is 8.33. The molecule has 0 amide bonds. The van der Waals surface area contributed by atoms with Crippen molar-refractivity contribution in [1.29, 1.82) is 0 Å². The zero-order valence-electron chi connectivity index (χ0n) is 18.0. The summed E-state index contributed by atoms with van der Waals surface area (Å²) in [6, 6.07) is 29.8. The lowest BCUT2D eigenvalue weighted by atomic mass is 9.81. The van der Waals surface area contributed by atoms with Crippen LogP contribution in [0.5, 0.6) is 17.4 Å². The Morgan fingerprint density at radius 2 is 1.59 bits per heavy atom. The van der Waals surface area contributed by atoms with Crippen LogP contribution in [0.3, 0.4) is 0 Å². The number of para-hydroxylation sites is 1. The fourth-order valence-corrected chi connectivity index (χ4v) is 4.86. The summed E-state index contributed by atoms with van der Waals surface area (Å²) in [5.41, 5.74) is 4.27. The summed E-state index contributed by atoms with van der Waals surface area (Å²) in [5, 5.41) is 17.3. The minimum atomic E-state index is -0.149. The van der Waals surface area contributed by atoms with Gasteiger partial charge in [0.15, 0.2) is 11.5 Å². The van der Waals surface area contributed by atoms with Gasteiger partial charge in [-0.05, 0) is 34.5 Å². The first-order valence-electron chi connectivity index (χ1n) is 11.1. The predicted molar refractivity (Wildman–Crippen MR) is 129 cm³/mol. The lowest BCUT2D eigenvalue weighted by molar-refractivity contribution is 0.433. The maximum absolute atomic E-state index is 10.4. The highest BCUT2D eigenvalue weighted by molar-refractivity contribution is 5.91. The molecule has 6 aromatic rings. The van der Waals surface area contributed by atoms with Gasteiger partial charge < -0.3 is 9.84 Å². The number of phenols is 1. The van der Waals surface area contributed by atoms with E-state index in [0.29, 0.717) is 22.9 Å². The molecule has 0 spiro atoms. The molecule has 6 nitrogen and oxygen atoms in total. The topological polar surface area (TPSA) is 72.5 Å². The molecule has 162 valence electrons. The van der Waals surface area contributed by atoms with E-state index in [2.05, 4.69) is 40.4 Å². The summed E-state index contributed by atoms with van der Waals surface area (Å²) in [7, 11) is 0. The number of aromatic hydroxyl groups is 1. The van der Waals surface area contributed by atoms with Crippen molar-refractivity contribution >= 4 is 16.4 Å². The molecule has 6 heteroatoms. The predicted octanol–water partition coefficient (Wildman–Crippen LogP) is 5.94. The Morgan fingerprint density at radius 1 is 0.794 bits per heavy atom. The van der Waals surface area contributed by atoms with Gasteiger partial charge in [0.2, 0.25) is 5.88 Å². The van der Waals surface area contributed by atoms with Crippen LogP contribution in [0.1, 0.15) is 22.6 Å². The summed E-state index contributed by atoms with van der Waals surface area (Å²) in [5.74, 6) is 1.72. The van der Waals surface area contributed by atoms with Gasteiger partial charge in [-0.3, -0.25) is 0 Å². The number of ether oxygens (including phenoxy) is 1. The number of nitrogens with zero attached hydrogens (tertiary/aromatic N) is 4. The van der Waals surface area contributed by atoms with Crippen LogP contribution in [0.25, 0.3) is 27.8 Å². The van der Waals surface area contributed by atoms with Gasteiger partial charge in [-0.25, -0.2) is 14.5 Å². The molecular weight excluding hydrogens is 424 g/mol. The molecule has 0 fully saturated rings. The third kappa shape index (κ3) is 2.72. The fourth-order valence-electron chi connectivity index (χ4n) is 4.86. The molecule has 1 aliphatic heterocycles. The van der Waals surface area contributed by atoms with E-state index < -0.39 is 0 Å². The standard InChI is InChI=1S/C28H18N4O2/c33-21-13-7-6-12-20(21)26-30-27-25-23(18-9-2-1-3-10-18)24-19-11-5-4-8-17(19)14-15-22(24)34-28(25)29-16-32(27)31-26/h1-16,23,33H/t23-/m1/s1. The fraction of sp³-hybridized carbons (Fsp3) is 0.0357. The van der Waals surface area contributed by atoms with Crippen LogP contribution in [0, 0.1) is 0 Å². The van der Waals surface area contributed by atoms with Crippen molar-refractivity contribution in [3.8, 4) is 28.8 Å². The third-order valence-corrected chi connectivity index (χ3v) is 6.38. The molecule has 0 saturated heterocycles. The van der Waals surface area contributed by atoms with Gasteiger partial charge in [0.1, 0.15) is 17.8 Å². The average Bonchev–Trinajstić information content (AvgIpc) is 3.32. The van der Waals surface area contributed by atoms with Gasteiger partial charge in [0.25, 0.3) is 0 Å². The number of aromatic nitrogens is 4. The smallest absolute Gasteiger partial charge is 0.228 e. The molecule has 3 heterocycles. The molecular formula is C28H18N4O2. The monoisotopic (exact) mass is 442 g/mol. The quantitative estimate of drug-likeness (QED) is 0.359. The number of hydrogen-bond donors (Lipinski definition) is 1. The van der Waals surface area contributed by atoms with E-state index in [0.717, 1.165) is 33.2 Å². The van der Waals surface area contributed by atoms with E-state index in [9.17, 15) is 5.11 Å². The lowest BCUT2D eigenvalue weighted by Crippen LogP contribution is -2.15. The summed E-state index contributed by atoms with van der Waals surface area (Å²) in [6.45, 7) is 0. The first-order valence-corrected chi connectivity index (χ1v) is 11.1. The van der Waals surface area contributed by atoms with E-state index in [1.165, 1.54) is 0 Å². The van der Waals surface area contributed by atoms with Crippen LogP contribution in [0.2, 0.25) is 0 Å². The molecule has 7 rings (SSSR count). The van der Waals surface area contributed by atoms with Crippen LogP contribution in [0.4, 0.5) is 0 Å². The van der Waals surface area contributed by atoms with Crippen LogP contribution in [-0.2, 0) is 0 Å². The number of phenolic OH excluding ortho intramolecular Hbond substituents is 1. The molecule has 2 aromatic heterocycles. The average molecular weight is 442 g/mol. The van der Waals surface area contributed by atoms with Crippen LogP contribution < -0.4 is 4.74 Å². The molecule has 34 heavy (non-hydrogen) atoms. The van der Waals surface area contributed by atoms with Crippen LogP contribution in [-0.4, -0.2) is 24.7 Å². The zero-order valence-corrected chi connectivity index (χ0v) is 18.0. The minimum Gasteiger partial charge on any atom is -0.507 e. The Bertz CT molecular complexity index is 1710. The number of benzene rings is 4. The third-order valence-electron chi connectivity index (χ3n) is 6.38. The molecule has 0 unspecified atom stereocenters.